The molecule has 1 heterocycles. The summed E-state index contributed by atoms with van der Waals surface area (Å²) in [6.07, 6.45) is 1.41. The first kappa shape index (κ1) is 14.8. The van der Waals surface area contributed by atoms with Gasteiger partial charge in [-0.3, -0.25) is 9.78 Å². The topological polar surface area (TPSA) is 83.5 Å². The van der Waals surface area contributed by atoms with E-state index in [1.54, 1.807) is 24.3 Å². The SMILES string of the molecule is COCC(=O)Nc1ccc(NCc2ccc(O)cn2)cc1. The number of aromatic hydroxyl groups is 1. The average Bonchev–Trinajstić information content (AvgIpc) is 2.48. The number of benzene rings is 1. The summed E-state index contributed by atoms with van der Waals surface area (Å²) in [7, 11) is 1.48. The van der Waals surface area contributed by atoms with Crippen LogP contribution >= 0.6 is 0 Å². The molecule has 0 unspecified atom stereocenters. The molecule has 0 aliphatic heterocycles. The van der Waals surface area contributed by atoms with Crippen LogP contribution in [0.25, 0.3) is 0 Å². The molecule has 0 saturated heterocycles. The summed E-state index contributed by atoms with van der Waals surface area (Å²) in [5.74, 6) is -0.0404. The van der Waals surface area contributed by atoms with Crippen molar-refractivity contribution in [2.45, 2.75) is 6.54 Å². The standard InChI is InChI=1S/C15H17N3O3/c1-21-10-15(20)18-12-4-2-11(3-5-12)16-8-13-6-7-14(19)9-17-13/h2-7,9,16,19H,8,10H2,1H3,(H,18,20). The van der Waals surface area contributed by atoms with E-state index in [1.807, 2.05) is 12.1 Å². The van der Waals surface area contributed by atoms with Crippen LogP contribution in [0.15, 0.2) is 42.6 Å². The molecule has 1 amide bonds. The number of methoxy groups -OCH3 is 1. The highest BCUT2D eigenvalue weighted by molar-refractivity contribution is 5.91. The van der Waals surface area contributed by atoms with Gasteiger partial charge in [0.15, 0.2) is 0 Å². The molecule has 21 heavy (non-hydrogen) atoms. The third kappa shape index (κ3) is 4.77. The van der Waals surface area contributed by atoms with Crippen LogP contribution in [0.4, 0.5) is 11.4 Å². The van der Waals surface area contributed by atoms with Crippen LogP contribution in [0.2, 0.25) is 0 Å². The van der Waals surface area contributed by atoms with Gasteiger partial charge in [-0.05, 0) is 36.4 Å². The van der Waals surface area contributed by atoms with Gasteiger partial charge in [0, 0.05) is 18.5 Å². The zero-order valence-corrected chi connectivity index (χ0v) is 11.7. The highest BCUT2D eigenvalue weighted by Crippen LogP contribution is 2.14. The minimum atomic E-state index is -0.188. The number of carbonyl (C=O) groups excluding carboxylic acids is 1. The Morgan fingerprint density at radius 1 is 1.19 bits per heavy atom. The average molecular weight is 287 g/mol. The number of nitrogens with one attached hydrogen (secondary N) is 2. The fourth-order valence-corrected chi connectivity index (χ4v) is 1.71. The van der Waals surface area contributed by atoms with Gasteiger partial charge >= 0.3 is 0 Å². The summed E-state index contributed by atoms with van der Waals surface area (Å²) >= 11 is 0. The van der Waals surface area contributed by atoms with Crippen LogP contribution in [0.3, 0.4) is 0 Å². The van der Waals surface area contributed by atoms with Crippen molar-refractivity contribution >= 4 is 17.3 Å². The van der Waals surface area contributed by atoms with Gasteiger partial charge in [-0.15, -0.1) is 0 Å². The van der Waals surface area contributed by atoms with E-state index in [-0.39, 0.29) is 18.3 Å². The van der Waals surface area contributed by atoms with Crippen LogP contribution in [-0.4, -0.2) is 29.7 Å². The van der Waals surface area contributed by atoms with Crippen molar-refractivity contribution in [3.05, 3.63) is 48.3 Å². The van der Waals surface area contributed by atoms with Gasteiger partial charge in [0.1, 0.15) is 12.4 Å². The monoisotopic (exact) mass is 287 g/mol. The second-order valence-corrected chi connectivity index (χ2v) is 4.42. The number of amides is 1. The molecule has 0 bridgehead atoms. The third-order valence-corrected chi connectivity index (χ3v) is 2.73. The molecule has 2 rings (SSSR count). The van der Waals surface area contributed by atoms with Crippen LogP contribution in [-0.2, 0) is 16.1 Å². The van der Waals surface area contributed by atoms with E-state index in [1.165, 1.54) is 13.3 Å². The van der Waals surface area contributed by atoms with E-state index in [9.17, 15) is 4.79 Å². The van der Waals surface area contributed by atoms with E-state index < -0.39 is 0 Å². The smallest absolute Gasteiger partial charge is 0.250 e. The zero-order valence-electron chi connectivity index (χ0n) is 11.7. The number of ether oxygens (including phenoxy) is 1. The Labute approximate surface area is 122 Å². The summed E-state index contributed by atoms with van der Waals surface area (Å²) in [6.45, 7) is 0.585. The molecule has 0 atom stereocenters. The van der Waals surface area contributed by atoms with E-state index in [4.69, 9.17) is 9.84 Å². The molecular weight excluding hydrogens is 270 g/mol. The van der Waals surface area contributed by atoms with Crippen molar-refractivity contribution in [3.8, 4) is 5.75 Å². The van der Waals surface area contributed by atoms with Crippen LogP contribution < -0.4 is 10.6 Å². The van der Waals surface area contributed by atoms with E-state index in [2.05, 4.69) is 15.6 Å². The lowest BCUT2D eigenvalue weighted by molar-refractivity contribution is -0.119. The summed E-state index contributed by atoms with van der Waals surface area (Å²) in [4.78, 5) is 15.4. The fourth-order valence-electron chi connectivity index (χ4n) is 1.71. The summed E-state index contributed by atoms with van der Waals surface area (Å²) in [6, 6.07) is 10.7. The minimum absolute atomic E-state index is 0.0342. The molecule has 2 aromatic rings. The van der Waals surface area contributed by atoms with E-state index >= 15 is 0 Å². The molecule has 1 aromatic carbocycles. The fraction of sp³-hybridized carbons (Fsp3) is 0.200. The Balaban J connectivity index is 1.87. The number of hydrogen-bond donors (Lipinski definition) is 3. The van der Waals surface area contributed by atoms with Gasteiger partial charge < -0.3 is 20.5 Å². The number of pyridine rings is 1. The molecule has 1 aromatic heterocycles. The first-order chi connectivity index (χ1) is 10.2. The summed E-state index contributed by atoms with van der Waals surface area (Å²) < 4.78 is 4.75. The van der Waals surface area contributed by atoms with Gasteiger partial charge in [-0.2, -0.15) is 0 Å². The second-order valence-electron chi connectivity index (χ2n) is 4.42. The lowest BCUT2D eigenvalue weighted by Gasteiger charge is -2.08. The molecule has 0 aliphatic carbocycles. The lowest BCUT2D eigenvalue weighted by Crippen LogP contribution is -2.16. The lowest BCUT2D eigenvalue weighted by atomic mass is 10.2. The number of carbonyl (C=O) groups is 1. The number of anilines is 2. The molecule has 0 fully saturated rings. The Bertz CT molecular complexity index is 582. The number of hydrogen-bond acceptors (Lipinski definition) is 5. The van der Waals surface area contributed by atoms with Crippen molar-refractivity contribution in [2.24, 2.45) is 0 Å². The molecule has 6 heteroatoms. The number of aromatic nitrogens is 1. The highest BCUT2D eigenvalue weighted by atomic mass is 16.5. The predicted molar refractivity (Wildman–Crippen MR) is 80.2 cm³/mol. The van der Waals surface area contributed by atoms with Gasteiger partial charge in [0.2, 0.25) is 5.91 Å². The Morgan fingerprint density at radius 2 is 1.90 bits per heavy atom. The second kappa shape index (κ2) is 7.25. The van der Waals surface area contributed by atoms with Crippen LogP contribution in [0, 0.1) is 0 Å². The Kier molecular flexibility index (Phi) is 5.11. The van der Waals surface area contributed by atoms with Gasteiger partial charge in [0.05, 0.1) is 18.4 Å². The molecular formula is C15H17N3O3. The minimum Gasteiger partial charge on any atom is -0.506 e. The summed E-state index contributed by atoms with van der Waals surface area (Å²) in [5.41, 5.74) is 2.45. The quantitative estimate of drug-likeness (QED) is 0.756. The van der Waals surface area contributed by atoms with Crippen LogP contribution in [0.1, 0.15) is 5.69 Å². The van der Waals surface area contributed by atoms with Crippen molar-refractivity contribution in [2.75, 3.05) is 24.4 Å². The molecule has 3 N–H and O–H groups in total. The first-order valence-corrected chi connectivity index (χ1v) is 6.44. The first-order valence-electron chi connectivity index (χ1n) is 6.44. The van der Waals surface area contributed by atoms with E-state index in [0.29, 0.717) is 12.2 Å². The maximum Gasteiger partial charge on any atom is 0.250 e. The van der Waals surface area contributed by atoms with Crippen molar-refractivity contribution in [1.82, 2.24) is 4.98 Å². The maximum atomic E-state index is 11.4. The van der Waals surface area contributed by atoms with E-state index in [0.717, 1.165) is 11.4 Å². The normalized spacial score (nSPS) is 10.1. The molecule has 0 radical (unpaired) electrons. The molecule has 0 aliphatic rings. The Hall–Kier alpha value is -2.60. The van der Waals surface area contributed by atoms with Gasteiger partial charge in [-0.1, -0.05) is 0 Å². The Morgan fingerprint density at radius 3 is 2.52 bits per heavy atom. The number of rotatable bonds is 6. The van der Waals surface area contributed by atoms with Gasteiger partial charge in [0.25, 0.3) is 0 Å². The predicted octanol–water partition coefficient (Wildman–Crippen LogP) is 1.98. The zero-order chi connectivity index (χ0) is 15.1. The van der Waals surface area contributed by atoms with Crippen molar-refractivity contribution in [3.63, 3.8) is 0 Å². The third-order valence-electron chi connectivity index (χ3n) is 2.73. The molecule has 6 nitrogen and oxygen atoms in total. The maximum absolute atomic E-state index is 11.4. The van der Waals surface area contributed by atoms with Crippen molar-refractivity contribution in [1.29, 1.82) is 0 Å². The largest absolute Gasteiger partial charge is 0.506 e. The van der Waals surface area contributed by atoms with Crippen LogP contribution in [0.5, 0.6) is 5.75 Å². The molecule has 0 saturated carbocycles. The number of nitrogens with zero attached hydrogens (tertiary/aromatic N) is 1. The molecule has 0 spiro atoms. The highest BCUT2D eigenvalue weighted by Gasteiger charge is 2.01. The summed E-state index contributed by atoms with van der Waals surface area (Å²) in [5, 5.41) is 15.1. The van der Waals surface area contributed by atoms with Crippen molar-refractivity contribution < 1.29 is 14.6 Å². The molecule has 110 valence electrons. The van der Waals surface area contributed by atoms with Gasteiger partial charge in [-0.25, -0.2) is 0 Å².